The largest absolute Gasteiger partial charge is 0.465 e. The Labute approximate surface area is 132 Å². The van der Waals surface area contributed by atoms with Gasteiger partial charge in [0.05, 0.1) is 12.1 Å². The van der Waals surface area contributed by atoms with Crippen molar-refractivity contribution in [2.24, 2.45) is 0 Å². The van der Waals surface area contributed by atoms with Crippen LogP contribution in [0, 0.1) is 0 Å². The van der Waals surface area contributed by atoms with Crippen LogP contribution >= 0.6 is 22.7 Å². The molecule has 0 unspecified atom stereocenters. The zero-order valence-electron chi connectivity index (χ0n) is 11.9. The molecule has 0 atom stereocenters. The first-order valence-electron chi connectivity index (χ1n) is 6.97. The maximum atomic E-state index is 11.4. The highest BCUT2D eigenvalue weighted by atomic mass is 32.1. The van der Waals surface area contributed by atoms with Gasteiger partial charge in [0, 0.05) is 22.8 Å². The number of thiophene rings is 2. The lowest BCUT2D eigenvalue weighted by Crippen LogP contribution is -2.15. The standard InChI is InChI=1S/C16H17NO2S2/c1-19-16(18)14-8-6-12(20-14)4-5-13-7-9-15(21-13)17-10-2-3-11-17/h4-9H,2-3,10-11H2,1H3/b5-4+. The molecule has 0 bridgehead atoms. The van der Waals surface area contributed by atoms with Gasteiger partial charge in [0.2, 0.25) is 0 Å². The van der Waals surface area contributed by atoms with E-state index in [1.807, 2.05) is 17.4 Å². The van der Waals surface area contributed by atoms with Crippen LogP contribution in [0.3, 0.4) is 0 Å². The van der Waals surface area contributed by atoms with Crippen LogP contribution in [0.25, 0.3) is 12.2 Å². The van der Waals surface area contributed by atoms with E-state index in [4.69, 9.17) is 4.74 Å². The van der Waals surface area contributed by atoms with E-state index in [1.165, 1.54) is 54.3 Å². The maximum Gasteiger partial charge on any atom is 0.348 e. The molecule has 0 aromatic carbocycles. The van der Waals surface area contributed by atoms with Crippen molar-refractivity contribution < 1.29 is 9.53 Å². The smallest absolute Gasteiger partial charge is 0.348 e. The molecule has 0 radical (unpaired) electrons. The van der Waals surface area contributed by atoms with E-state index >= 15 is 0 Å². The van der Waals surface area contributed by atoms with Crippen LogP contribution in [0.1, 0.15) is 32.3 Å². The highest BCUT2D eigenvalue weighted by molar-refractivity contribution is 7.17. The molecule has 1 aliphatic heterocycles. The molecule has 1 aliphatic rings. The van der Waals surface area contributed by atoms with Crippen LogP contribution in [0.2, 0.25) is 0 Å². The predicted octanol–water partition coefficient (Wildman–Crippen LogP) is 4.37. The summed E-state index contributed by atoms with van der Waals surface area (Å²) in [6.45, 7) is 2.36. The number of hydrogen-bond acceptors (Lipinski definition) is 5. The fourth-order valence-electron chi connectivity index (χ4n) is 2.36. The highest BCUT2D eigenvalue weighted by Gasteiger charge is 2.13. The molecule has 0 saturated carbocycles. The van der Waals surface area contributed by atoms with Crippen molar-refractivity contribution >= 4 is 45.8 Å². The van der Waals surface area contributed by atoms with Crippen LogP contribution in [-0.4, -0.2) is 26.2 Å². The zero-order valence-corrected chi connectivity index (χ0v) is 13.5. The summed E-state index contributed by atoms with van der Waals surface area (Å²) >= 11 is 3.27. The quantitative estimate of drug-likeness (QED) is 0.784. The van der Waals surface area contributed by atoms with Crippen LogP contribution in [-0.2, 0) is 4.74 Å². The van der Waals surface area contributed by atoms with Gasteiger partial charge in [0.15, 0.2) is 0 Å². The Kier molecular flexibility index (Phi) is 4.41. The first-order valence-corrected chi connectivity index (χ1v) is 8.60. The van der Waals surface area contributed by atoms with Gasteiger partial charge < -0.3 is 9.64 Å². The molecule has 0 spiro atoms. The first-order chi connectivity index (χ1) is 10.3. The minimum absolute atomic E-state index is 0.271. The molecule has 1 saturated heterocycles. The van der Waals surface area contributed by atoms with Gasteiger partial charge in [-0.05, 0) is 49.3 Å². The fourth-order valence-corrected chi connectivity index (χ4v) is 4.15. The van der Waals surface area contributed by atoms with Crippen molar-refractivity contribution in [2.75, 3.05) is 25.1 Å². The molecule has 3 rings (SSSR count). The second-order valence-electron chi connectivity index (χ2n) is 4.90. The molecule has 5 heteroatoms. The van der Waals surface area contributed by atoms with Crippen molar-refractivity contribution in [3.63, 3.8) is 0 Å². The van der Waals surface area contributed by atoms with E-state index in [9.17, 15) is 4.79 Å². The maximum absolute atomic E-state index is 11.4. The van der Waals surface area contributed by atoms with Crippen molar-refractivity contribution in [2.45, 2.75) is 12.8 Å². The number of carbonyl (C=O) groups excluding carboxylic acids is 1. The third-order valence-corrected chi connectivity index (χ3v) is 5.60. The van der Waals surface area contributed by atoms with Crippen molar-refractivity contribution in [3.05, 3.63) is 38.9 Å². The summed E-state index contributed by atoms with van der Waals surface area (Å²) in [7, 11) is 1.41. The average Bonchev–Trinajstić information content (AvgIpc) is 3.23. The molecular formula is C16H17NO2S2. The Bertz CT molecular complexity index is 651. The van der Waals surface area contributed by atoms with E-state index in [0.29, 0.717) is 4.88 Å². The molecule has 0 aliphatic carbocycles. The molecule has 2 aromatic heterocycles. The van der Waals surface area contributed by atoms with Gasteiger partial charge in [-0.1, -0.05) is 0 Å². The monoisotopic (exact) mass is 319 g/mol. The Morgan fingerprint density at radius 1 is 1.10 bits per heavy atom. The normalized spacial score (nSPS) is 15.0. The Balaban J connectivity index is 1.68. The number of anilines is 1. The van der Waals surface area contributed by atoms with Gasteiger partial charge in [0.25, 0.3) is 0 Å². The summed E-state index contributed by atoms with van der Waals surface area (Å²) < 4.78 is 4.72. The van der Waals surface area contributed by atoms with E-state index in [0.717, 1.165) is 4.88 Å². The molecular weight excluding hydrogens is 302 g/mol. The lowest BCUT2D eigenvalue weighted by atomic mass is 10.3. The second kappa shape index (κ2) is 6.45. The van der Waals surface area contributed by atoms with Crippen molar-refractivity contribution in [1.82, 2.24) is 0 Å². The summed E-state index contributed by atoms with van der Waals surface area (Å²) in [5.74, 6) is -0.271. The molecule has 110 valence electrons. The molecule has 1 fully saturated rings. The molecule has 3 nitrogen and oxygen atoms in total. The molecule has 2 aromatic rings. The van der Waals surface area contributed by atoms with E-state index < -0.39 is 0 Å². The van der Waals surface area contributed by atoms with Crippen LogP contribution < -0.4 is 4.90 Å². The third-order valence-electron chi connectivity index (χ3n) is 3.46. The SMILES string of the molecule is COC(=O)c1ccc(/C=C/c2ccc(N3CCCC3)s2)s1. The van der Waals surface area contributed by atoms with Gasteiger partial charge in [-0.2, -0.15) is 0 Å². The second-order valence-corrected chi connectivity index (χ2v) is 7.11. The van der Waals surface area contributed by atoms with Gasteiger partial charge in [-0.25, -0.2) is 4.79 Å². The van der Waals surface area contributed by atoms with Crippen LogP contribution in [0.4, 0.5) is 5.00 Å². The van der Waals surface area contributed by atoms with Gasteiger partial charge >= 0.3 is 5.97 Å². The van der Waals surface area contributed by atoms with E-state index in [1.54, 1.807) is 6.07 Å². The molecule has 0 N–H and O–H groups in total. The van der Waals surface area contributed by atoms with E-state index in [2.05, 4.69) is 29.2 Å². The molecule has 3 heterocycles. The number of esters is 1. The third kappa shape index (κ3) is 3.36. The number of hydrogen-bond donors (Lipinski definition) is 0. The highest BCUT2D eigenvalue weighted by Crippen LogP contribution is 2.30. The molecule has 21 heavy (non-hydrogen) atoms. The van der Waals surface area contributed by atoms with Gasteiger partial charge in [-0.15, -0.1) is 22.7 Å². The van der Waals surface area contributed by atoms with Crippen molar-refractivity contribution in [1.29, 1.82) is 0 Å². The summed E-state index contributed by atoms with van der Waals surface area (Å²) in [6, 6.07) is 8.11. The minimum Gasteiger partial charge on any atom is -0.465 e. The van der Waals surface area contributed by atoms with Crippen LogP contribution in [0.15, 0.2) is 24.3 Å². The topological polar surface area (TPSA) is 29.5 Å². The Morgan fingerprint density at radius 2 is 1.76 bits per heavy atom. The van der Waals surface area contributed by atoms with Gasteiger partial charge in [0.1, 0.15) is 4.88 Å². The predicted molar refractivity (Wildman–Crippen MR) is 90.4 cm³/mol. The first kappa shape index (κ1) is 14.4. The number of ether oxygens (including phenoxy) is 1. The lowest BCUT2D eigenvalue weighted by Gasteiger charge is -2.13. The summed E-state index contributed by atoms with van der Waals surface area (Å²) in [5, 5.41) is 1.36. The Hall–Kier alpha value is -1.59. The average molecular weight is 319 g/mol. The summed E-state index contributed by atoms with van der Waals surface area (Å²) in [6.07, 6.45) is 6.76. The fraction of sp³-hybridized carbons (Fsp3) is 0.312. The number of carbonyl (C=O) groups is 1. The lowest BCUT2D eigenvalue weighted by molar-refractivity contribution is 0.0606. The number of methoxy groups -OCH3 is 1. The number of rotatable bonds is 4. The summed E-state index contributed by atoms with van der Waals surface area (Å²) in [4.78, 5) is 16.8. The van der Waals surface area contributed by atoms with Crippen LogP contribution in [0.5, 0.6) is 0 Å². The number of nitrogens with zero attached hydrogens (tertiary/aromatic N) is 1. The molecule has 0 amide bonds. The van der Waals surface area contributed by atoms with E-state index in [-0.39, 0.29) is 5.97 Å². The Morgan fingerprint density at radius 3 is 2.48 bits per heavy atom. The minimum atomic E-state index is -0.271. The van der Waals surface area contributed by atoms with Gasteiger partial charge in [-0.3, -0.25) is 0 Å². The van der Waals surface area contributed by atoms with Crippen molar-refractivity contribution in [3.8, 4) is 0 Å². The zero-order chi connectivity index (χ0) is 14.7. The summed E-state index contributed by atoms with van der Waals surface area (Å²) in [5.41, 5.74) is 0.